The van der Waals surface area contributed by atoms with Crippen LogP contribution < -0.4 is 5.32 Å². The van der Waals surface area contributed by atoms with Crippen molar-refractivity contribution in [3.05, 3.63) is 113 Å². The first kappa shape index (κ1) is 21.2. The van der Waals surface area contributed by atoms with Crippen molar-refractivity contribution in [2.75, 3.05) is 0 Å². The third-order valence-corrected chi connectivity index (χ3v) is 6.43. The molecule has 5 rings (SSSR count). The highest BCUT2D eigenvalue weighted by molar-refractivity contribution is 5.94. The van der Waals surface area contributed by atoms with Crippen molar-refractivity contribution in [2.24, 2.45) is 5.92 Å². The third-order valence-electron chi connectivity index (χ3n) is 6.43. The Balaban J connectivity index is 1.42. The molecule has 0 saturated heterocycles. The molecule has 0 bridgehead atoms. The summed E-state index contributed by atoms with van der Waals surface area (Å²) in [5.41, 5.74) is 7.56. The highest BCUT2D eigenvalue weighted by atomic mass is 19.1. The van der Waals surface area contributed by atoms with Gasteiger partial charge in [0.1, 0.15) is 5.82 Å². The van der Waals surface area contributed by atoms with Gasteiger partial charge in [-0.25, -0.2) is 4.39 Å². The lowest BCUT2D eigenvalue weighted by molar-refractivity contribution is 0.0951. The summed E-state index contributed by atoms with van der Waals surface area (Å²) in [4.78, 5) is 12.6. The molecule has 1 aliphatic carbocycles. The fourth-order valence-corrected chi connectivity index (χ4v) is 4.72. The number of halogens is 1. The number of nitrogens with one attached hydrogen (secondary N) is 1. The quantitative estimate of drug-likeness (QED) is 0.388. The number of hydrogen-bond donors (Lipinski definition) is 1. The summed E-state index contributed by atoms with van der Waals surface area (Å²) in [6, 6.07) is 26.8. The van der Waals surface area contributed by atoms with E-state index in [4.69, 9.17) is 0 Å². The summed E-state index contributed by atoms with van der Waals surface area (Å²) in [5.74, 6) is 0.225. The maximum atomic E-state index is 13.4. The molecule has 166 valence electrons. The Morgan fingerprint density at radius 2 is 1.79 bits per heavy atom. The molecule has 0 radical (unpaired) electrons. The molecule has 1 amide bonds. The lowest BCUT2D eigenvalue weighted by Crippen LogP contribution is -2.22. The standard InChI is InChI=1S/C29H27FN2O/c1-20-10-15-27-24(16-20)18-28(22-7-3-2-4-8-22)32(27)26-13-11-23(12-14-26)29(33)31-19-21-6-5-9-25(30)17-21/h2-9,11-14,17-18,20H,10,15-16,19H2,1H3,(H,31,33)/t20-/m1/s1. The summed E-state index contributed by atoms with van der Waals surface area (Å²) in [6.07, 6.45) is 3.34. The van der Waals surface area contributed by atoms with Crippen LogP contribution in [0, 0.1) is 11.7 Å². The smallest absolute Gasteiger partial charge is 0.251 e. The minimum Gasteiger partial charge on any atom is -0.348 e. The summed E-state index contributed by atoms with van der Waals surface area (Å²) < 4.78 is 15.7. The van der Waals surface area contributed by atoms with Crippen LogP contribution in [0.3, 0.4) is 0 Å². The van der Waals surface area contributed by atoms with E-state index in [0.717, 1.165) is 24.1 Å². The second-order valence-electron chi connectivity index (χ2n) is 8.91. The van der Waals surface area contributed by atoms with Crippen molar-refractivity contribution >= 4 is 5.91 Å². The lowest BCUT2D eigenvalue weighted by atomic mass is 9.89. The predicted molar refractivity (Wildman–Crippen MR) is 130 cm³/mol. The maximum absolute atomic E-state index is 13.4. The predicted octanol–water partition coefficient (Wildman–Crippen LogP) is 6.34. The molecule has 1 aliphatic rings. The van der Waals surface area contributed by atoms with Crippen LogP contribution in [0.2, 0.25) is 0 Å². The van der Waals surface area contributed by atoms with Gasteiger partial charge in [-0.05, 0) is 84.3 Å². The number of amides is 1. The molecule has 33 heavy (non-hydrogen) atoms. The topological polar surface area (TPSA) is 34.0 Å². The molecule has 1 aromatic heterocycles. The molecule has 0 saturated carbocycles. The molecule has 1 atom stereocenters. The molecule has 4 aromatic rings. The second kappa shape index (κ2) is 9.07. The average Bonchev–Trinajstić information content (AvgIpc) is 3.22. The van der Waals surface area contributed by atoms with E-state index in [9.17, 15) is 9.18 Å². The van der Waals surface area contributed by atoms with Gasteiger partial charge in [-0.2, -0.15) is 0 Å². The second-order valence-corrected chi connectivity index (χ2v) is 8.91. The van der Waals surface area contributed by atoms with Gasteiger partial charge in [0.15, 0.2) is 0 Å². The first-order chi connectivity index (χ1) is 16.1. The summed E-state index contributed by atoms with van der Waals surface area (Å²) in [6.45, 7) is 2.61. The van der Waals surface area contributed by atoms with E-state index in [1.807, 2.05) is 30.3 Å². The Kier molecular flexibility index (Phi) is 5.82. The molecule has 0 aliphatic heterocycles. The molecule has 3 nitrogen and oxygen atoms in total. The van der Waals surface area contributed by atoms with E-state index in [0.29, 0.717) is 18.0 Å². The zero-order valence-electron chi connectivity index (χ0n) is 18.7. The van der Waals surface area contributed by atoms with E-state index >= 15 is 0 Å². The SMILES string of the molecule is C[C@@H]1CCc2c(cc(-c3ccccc3)n2-c2ccc(C(=O)NCc3cccc(F)c3)cc2)C1. The normalized spacial score (nSPS) is 15.2. The van der Waals surface area contributed by atoms with Crippen LogP contribution in [0.1, 0.15) is 40.5 Å². The summed E-state index contributed by atoms with van der Waals surface area (Å²) in [5, 5.41) is 2.88. The molecule has 0 fully saturated rings. The minimum absolute atomic E-state index is 0.169. The fourth-order valence-electron chi connectivity index (χ4n) is 4.72. The maximum Gasteiger partial charge on any atom is 0.251 e. The van der Waals surface area contributed by atoms with Crippen molar-refractivity contribution in [1.29, 1.82) is 0 Å². The van der Waals surface area contributed by atoms with Crippen LogP contribution in [0.15, 0.2) is 84.9 Å². The molecule has 4 heteroatoms. The highest BCUT2D eigenvalue weighted by Gasteiger charge is 2.23. The summed E-state index contributed by atoms with van der Waals surface area (Å²) in [7, 11) is 0. The van der Waals surface area contributed by atoms with E-state index in [1.54, 1.807) is 12.1 Å². The number of benzene rings is 3. The van der Waals surface area contributed by atoms with Gasteiger partial charge in [-0.15, -0.1) is 0 Å². The van der Waals surface area contributed by atoms with Crippen molar-refractivity contribution < 1.29 is 9.18 Å². The van der Waals surface area contributed by atoms with E-state index in [2.05, 4.69) is 47.1 Å². The van der Waals surface area contributed by atoms with Crippen molar-refractivity contribution in [1.82, 2.24) is 9.88 Å². The zero-order valence-corrected chi connectivity index (χ0v) is 18.7. The number of aromatic nitrogens is 1. The monoisotopic (exact) mass is 438 g/mol. The Morgan fingerprint density at radius 1 is 1.00 bits per heavy atom. The zero-order chi connectivity index (χ0) is 22.8. The largest absolute Gasteiger partial charge is 0.348 e. The first-order valence-corrected chi connectivity index (χ1v) is 11.5. The van der Waals surface area contributed by atoms with E-state index < -0.39 is 0 Å². The van der Waals surface area contributed by atoms with Gasteiger partial charge in [0.2, 0.25) is 0 Å². The van der Waals surface area contributed by atoms with Crippen LogP contribution in [0.4, 0.5) is 4.39 Å². The van der Waals surface area contributed by atoms with Gasteiger partial charge < -0.3 is 9.88 Å². The van der Waals surface area contributed by atoms with Crippen LogP contribution >= 0.6 is 0 Å². The number of carbonyl (C=O) groups is 1. The Morgan fingerprint density at radius 3 is 2.55 bits per heavy atom. The fraction of sp³-hybridized carbons (Fsp3) is 0.207. The van der Waals surface area contributed by atoms with Crippen molar-refractivity contribution in [3.8, 4) is 16.9 Å². The summed E-state index contributed by atoms with van der Waals surface area (Å²) >= 11 is 0. The molecular formula is C29H27FN2O. The number of fused-ring (bicyclic) bond motifs is 1. The number of rotatable bonds is 5. The molecule has 3 aromatic carbocycles. The average molecular weight is 439 g/mol. The molecule has 0 unspecified atom stereocenters. The Bertz CT molecular complexity index is 1270. The van der Waals surface area contributed by atoms with E-state index in [-0.39, 0.29) is 11.7 Å². The van der Waals surface area contributed by atoms with Gasteiger partial charge >= 0.3 is 0 Å². The molecule has 0 spiro atoms. The lowest BCUT2D eigenvalue weighted by Gasteiger charge is -2.21. The van der Waals surface area contributed by atoms with Crippen LogP contribution in [0.25, 0.3) is 16.9 Å². The van der Waals surface area contributed by atoms with Gasteiger partial charge in [0, 0.05) is 23.5 Å². The molecule has 1 heterocycles. The first-order valence-electron chi connectivity index (χ1n) is 11.5. The van der Waals surface area contributed by atoms with Gasteiger partial charge in [0.25, 0.3) is 5.91 Å². The Hall–Kier alpha value is -3.66. The van der Waals surface area contributed by atoms with Crippen molar-refractivity contribution in [2.45, 2.75) is 32.7 Å². The van der Waals surface area contributed by atoms with Gasteiger partial charge in [-0.1, -0.05) is 49.4 Å². The van der Waals surface area contributed by atoms with Gasteiger partial charge in [-0.3, -0.25) is 4.79 Å². The molecular weight excluding hydrogens is 411 g/mol. The number of carbonyl (C=O) groups excluding carboxylic acids is 1. The van der Waals surface area contributed by atoms with Crippen molar-refractivity contribution in [3.63, 3.8) is 0 Å². The minimum atomic E-state index is -0.301. The third kappa shape index (κ3) is 4.47. The van der Waals surface area contributed by atoms with Crippen LogP contribution in [-0.4, -0.2) is 10.5 Å². The highest BCUT2D eigenvalue weighted by Crippen LogP contribution is 2.35. The number of hydrogen-bond acceptors (Lipinski definition) is 1. The van der Waals surface area contributed by atoms with Crippen LogP contribution in [-0.2, 0) is 19.4 Å². The van der Waals surface area contributed by atoms with Gasteiger partial charge in [0.05, 0.1) is 5.69 Å². The number of nitrogens with zero attached hydrogens (tertiary/aromatic N) is 1. The Labute approximate surface area is 193 Å². The molecule has 1 N–H and O–H groups in total. The van der Waals surface area contributed by atoms with Crippen LogP contribution in [0.5, 0.6) is 0 Å². The van der Waals surface area contributed by atoms with E-state index in [1.165, 1.54) is 41.1 Å².